The second-order valence-corrected chi connectivity index (χ2v) is 4.20. The minimum atomic E-state index is 0.697. The molecule has 1 N–H and O–H groups in total. The summed E-state index contributed by atoms with van der Waals surface area (Å²) in [5, 5.41) is 3.55. The molecule has 0 spiro atoms. The van der Waals surface area contributed by atoms with E-state index in [1.54, 1.807) is 0 Å². The minimum Gasteiger partial charge on any atom is -0.314 e. The molecule has 1 nitrogen and oxygen atoms in total. The van der Waals surface area contributed by atoms with Crippen LogP contribution in [0.25, 0.3) is 0 Å². The van der Waals surface area contributed by atoms with Crippen LogP contribution in [0.3, 0.4) is 0 Å². The smallest absolute Gasteiger partial charge is 0.0135 e. The normalized spacial score (nSPS) is 29.9. The zero-order chi connectivity index (χ0) is 9.14. The Labute approximate surface area is 76.2 Å². The van der Waals surface area contributed by atoms with Gasteiger partial charge in [-0.2, -0.15) is 0 Å². The molecule has 1 heteroatoms. The second-order valence-electron chi connectivity index (χ2n) is 4.20. The first kappa shape index (κ1) is 9.79. The average Bonchev–Trinajstić information content (AvgIpc) is 2.65. The molecular weight excluding hydrogens is 146 g/mol. The summed E-state index contributed by atoms with van der Waals surface area (Å²) in [6.07, 6.45) is 2.56. The monoisotopic (exact) mass is 167 g/mol. The molecule has 0 heterocycles. The average molecular weight is 167 g/mol. The molecule has 0 aliphatic heterocycles. The lowest BCUT2D eigenvalue weighted by molar-refractivity contribution is 0.454. The highest BCUT2D eigenvalue weighted by atomic mass is 14.9. The first-order chi connectivity index (χ1) is 5.65. The van der Waals surface area contributed by atoms with Crippen molar-refractivity contribution in [3.63, 3.8) is 0 Å². The summed E-state index contributed by atoms with van der Waals surface area (Å²) in [4.78, 5) is 0. The van der Waals surface area contributed by atoms with Crippen molar-refractivity contribution in [2.75, 3.05) is 6.54 Å². The van der Waals surface area contributed by atoms with Gasteiger partial charge in [-0.25, -0.2) is 0 Å². The predicted octanol–water partition coefficient (Wildman–Crippen LogP) is 2.59. The van der Waals surface area contributed by atoms with E-state index in [1.165, 1.54) is 12.0 Å². The van der Waals surface area contributed by atoms with E-state index in [-0.39, 0.29) is 0 Å². The maximum atomic E-state index is 3.97. The minimum absolute atomic E-state index is 0.697. The quantitative estimate of drug-likeness (QED) is 0.621. The van der Waals surface area contributed by atoms with Gasteiger partial charge < -0.3 is 5.32 Å². The van der Waals surface area contributed by atoms with Crippen LogP contribution in [-0.2, 0) is 0 Å². The van der Waals surface area contributed by atoms with Gasteiger partial charge in [0.1, 0.15) is 0 Å². The highest BCUT2D eigenvalue weighted by molar-refractivity contribution is 5.00. The Bertz CT molecular complexity index is 162. The lowest BCUT2D eigenvalue weighted by Crippen LogP contribution is -2.31. The fourth-order valence-electron chi connectivity index (χ4n) is 1.92. The predicted molar refractivity (Wildman–Crippen MR) is 54.2 cm³/mol. The Hall–Kier alpha value is -0.300. The maximum absolute atomic E-state index is 3.97. The molecule has 0 aromatic carbocycles. The van der Waals surface area contributed by atoms with Crippen LogP contribution in [0, 0.1) is 11.8 Å². The Balaban J connectivity index is 2.33. The summed E-state index contributed by atoms with van der Waals surface area (Å²) in [5.41, 5.74) is 1.31. The van der Waals surface area contributed by atoms with Crippen molar-refractivity contribution in [3.05, 3.63) is 12.2 Å². The molecule has 0 aromatic heterocycles. The van der Waals surface area contributed by atoms with E-state index in [4.69, 9.17) is 0 Å². The van der Waals surface area contributed by atoms with Gasteiger partial charge in [0.05, 0.1) is 0 Å². The summed E-state index contributed by atoms with van der Waals surface area (Å²) in [6.45, 7) is 11.7. The molecule has 0 saturated heterocycles. The number of hydrogen-bond donors (Lipinski definition) is 1. The Morgan fingerprint density at radius 3 is 2.58 bits per heavy atom. The number of rotatable bonds is 5. The lowest BCUT2D eigenvalue weighted by Gasteiger charge is -2.17. The zero-order valence-electron chi connectivity index (χ0n) is 8.56. The van der Waals surface area contributed by atoms with Crippen LogP contribution >= 0.6 is 0 Å². The van der Waals surface area contributed by atoms with E-state index in [9.17, 15) is 0 Å². The molecule has 12 heavy (non-hydrogen) atoms. The highest BCUT2D eigenvalue weighted by Crippen LogP contribution is 2.42. The van der Waals surface area contributed by atoms with Gasteiger partial charge in [-0.05, 0) is 38.1 Å². The van der Waals surface area contributed by atoms with Gasteiger partial charge in [-0.1, -0.05) is 19.4 Å². The summed E-state index contributed by atoms with van der Waals surface area (Å²) < 4.78 is 0. The van der Waals surface area contributed by atoms with Crippen LogP contribution < -0.4 is 5.32 Å². The fourth-order valence-corrected chi connectivity index (χ4v) is 1.92. The number of hydrogen-bond acceptors (Lipinski definition) is 1. The molecule has 1 aliphatic rings. The van der Waals surface area contributed by atoms with E-state index in [0.29, 0.717) is 6.04 Å². The molecule has 1 aliphatic carbocycles. The Morgan fingerprint density at radius 1 is 1.67 bits per heavy atom. The van der Waals surface area contributed by atoms with Crippen LogP contribution in [0.1, 0.15) is 33.6 Å². The summed E-state index contributed by atoms with van der Waals surface area (Å²) >= 11 is 0. The van der Waals surface area contributed by atoms with E-state index in [0.717, 1.165) is 24.8 Å². The van der Waals surface area contributed by atoms with Crippen molar-refractivity contribution in [1.82, 2.24) is 5.32 Å². The third kappa shape index (κ3) is 2.63. The van der Waals surface area contributed by atoms with Crippen LogP contribution in [0.5, 0.6) is 0 Å². The van der Waals surface area contributed by atoms with Crippen LogP contribution in [0.4, 0.5) is 0 Å². The van der Waals surface area contributed by atoms with Crippen molar-refractivity contribution in [3.8, 4) is 0 Å². The van der Waals surface area contributed by atoms with Gasteiger partial charge in [-0.3, -0.25) is 0 Å². The lowest BCUT2D eigenvalue weighted by atomic mass is 10.0. The summed E-state index contributed by atoms with van der Waals surface area (Å²) in [5.74, 6) is 1.86. The molecule has 0 radical (unpaired) electrons. The van der Waals surface area contributed by atoms with E-state index >= 15 is 0 Å². The van der Waals surface area contributed by atoms with Crippen molar-refractivity contribution >= 4 is 0 Å². The van der Waals surface area contributed by atoms with Crippen molar-refractivity contribution < 1.29 is 0 Å². The zero-order valence-corrected chi connectivity index (χ0v) is 8.56. The van der Waals surface area contributed by atoms with Crippen molar-refractivity contribution in [1.29, 1.82) is 0 Å². The molecule has 70 valence electrons. The topological polar surface area (TPSA) is 12.0 Å². The third-order valence-corrected chi connectivity index (χ3v) is 2.72. The Morgan fingerprint density at radius 2 is 2.25 bits per heavy atom. The van der Waals surface area contributed by atoms with Gasteiger partial charge in [-0.15, -0.1) is 6.58 Å². The van der Waals surface area contributed by atoms with Gasteiger partial charge in [0.25, 0.3) is 0 Å². The highest BCUT2D eigenvalue weighted by Gasteiger charge is 2.38. The molecular formula is C11H21N. The SMILES string of the molecule is C=C(C)CC(NCC)C1CC1C. The number of nitrogens with one attached hydrogen (secondary N) is 1. The Kier molecular flexibility index (Phi) is 3.33. The fraction of sp³-hybridized carbons (Fsp3) is 0.818. The molecule has 1 saturated carbocycles. The molecule has 3 unspecified atom stereocenters. The molecule has 0 aromatic rings. The van der Waals surface area contributed by atoms with Crippen LogP contribution in [0.15, 0.2) is 12.2 Å². The standard InChI is InChI=1S/C11H21N/c1-5-12-11(6-8(2)3)10-7-9(10)4/h9-12H,2,5-7H2,1,3-4H3. The van der Waals surface area contributed by atoms with E-state index < -0.39 is 0 Å². The van der Waals surface area contributed by atoms with Crippen LogP contribution in [0.2, 0.25) is 0 Å². The molecule has 1 rings (SSSR count). The molecule has 0 amide bonds. The van der Waals surface area contributed by atoms with Gasteiger partial charge in [0, 0.05) is 6.04 Å². The van der Waals surface area contributed by atoms with Crippen LogP contribution in [-0.4, -0.2) is 12.6 Å². The molecule has 3 atom stereocenters. The van der Waals surface area contributed by atoms with Gasteiger partial charge >= 0.3 is 0 Å². The summed E-state index contributed by atoms with van der Waals surface area (Å²) in [6, 6.07) is 0.697. The maximum Gasteiger partial charge on any atom is 0.0135 e. The molecule has 1 fully saturated rings. The first-order valence-corrected chi connectivity index (χ1v) is 5.03. The van der Waals surface area contributed by atoms with E-state index in [1.807, 2.05) is 0 Å². The van der Waals surface area contributed by atoms with Crippen molar-refractivity contribution in [2.24, 2.45) is 11.8 Å². The van der Waals surface area contributed by atoms with E-state index in [2.05, 4.69) is 32.7 Å². The molecule has 0 bridgehead atoms. The van der Waals surface area contributed by atoms with Gasteiger partial charge in [0.15, 0.2) is 0 Å². The second kappa shape index (κ2) is 4.08. The summed E-state index contributed by atoms with van der Waals surface area (Å²) in [7, 11) is 0. The first-order valence-electron chi connectivity index (χ1n) is 5.03. The largest absolute Gasteiger partial charge is 0.314 e. The third-order valence-electron chi connectivity index (χ3n) is 2.72. The van der Waals surface area contributed by atoms with Crippen molar-refractivity contribution in [2.45, 2.75) is 39.7 Å². The van der Waals surface area contributed by atoms with Gasteiger partial charge in [0.2, 0.25) is 0 Å².